The predicted molar refractivity (Wildman–Crippen MR) is 126 cm³/mol. The molecular weight excluding hydrogens is 418 g/mol. The number of phenols is 1. The van der Waals surface area contributed by atoms with E-state index in [1.165, 1.54) is 30.3 Å². The van der Waals surface area contributed by atoms with Crippen LogP contribution >= 0.6 is 0 Å². The molecule has 0 aliphatic heterocycles. The van der Waals surface area contributed by atoms with Gasteiger partial charge >= 0.3 is 5.97 Å². The number of carbonyl (C=O) groups is 3. The van der Waals surface area contributed by atoms with E-state index in [0.29, 0.717) is 5.56 Å². The Morgan fingerprint density at radius 1 is 0.909 bits per heavy atom. The number of carbonyl (C=O) groups excluding carboxylic acids is 2. The Hall–Kier alpha value is -4.19. The highest BCUT2D eigenvalue weighted by Crippen LogP contribution is 2.23. The molecule has 6 heteroatoms. The second-order valence-electron chi connectivity index (χ2n) is 7.83. The first-order valence-electron chi connectivity index (χ1n) is 10.4. The van der Waals surface area contributed by atoms with E-state index < -0.39 is 17.9 Å². The third-order valence-electron chi connectivity index (χ3n) is 5.26. The lowest BCUT2D eigenvalue weighted by atomic mass is 10.0. The number of hydrogen-bond acceptors (Lipinski definition) is 4. The van der Waals surface area contributed by atoms with Gasteiger partial charge in [-0.05, 0) is 66.4 Å². The largest absolute Gasteiger partial charge is 0.507 e. The molecule has 0 saturated heterocycles. The Kier molecular flexibility index (Phi) is 7.41. The van der Waals surface area contributed by atoms with Gasteiger partial charge in [0.25, 0.3) is 5.91 Å². The van der Waals surface area contributed by atoms with Gasteiger partial charge in [-0.3, -0.25) is 9.59 Å². The van der Waals surface area contributed by atoms with Crippen LogP contribution in [-0.4, -0.2) is 33.9 Å². The average Bonchev–Trinajstić information content (AvgIpc) is 2.81. The normalized spacial score (nSPS) is 11.8. The van der Waals surface area contributed by atoms with Crippen LogP contribution in [0.3, 0.4) is 0 Å². The number of hydrogen-bond donors (Lipinski definition) is 3. The molecule has 168 valence electrons. The second-order valence-corrected chi connectivity index (χ2v) is 7.83. The number of aliphatic carboxylic acids is 1. The lowest BCUT2D eigenvalue weighted by Gasteiger charge is -2.15. The molecule has 33 heavy (non-hydrogen) atoms. The number of benzene rings is 3. The number of aryl methyl sites for hydroxylation is 2. The van der Waals surface area contributed by atoms with Gasteiger partial charge in [0.15, 0.2) is 5.78 Å². The van der Waals surface area contributed by atoms with Crippen molar-refractivity contribution in [2.45, 2.75) is 26.3 Å². The zero-order valence-electron chi connectivity index (χ0n) is 18.4. The zero-order valence-corrected chi connectivity index (χ0v) is 18.4. The van der Waals surface area contributed by atoms with Crippen LogP contribution in [-0.2, 0) is 11.2 Å². The van der Waals surface area contributed by atoms with Crippen LogP contribution in [0, 0.1) is 13.8 Å². The molecule has 3 rings (SSSR count). The summed E-state index contributed by atoms with van der Waals surface area (Å²) in [5.74, 6) is -1.65. The maximum absolute atomic E-state index is 12.5. The van der Waals surface area contributed by atoms with Gasteiger partial charge in [0.1, 0.15) is 11.8 Å². The van der Waals surface area contributed by atoms with Crippen LogP contribution in [0.5, 0.6) is 5.75 Å². The van der Waals surface area contributed by atoms with Crippen LogP contribution in [0.1, 0.15) is 43.0 Å². The van der Waals surface area contributed by atoms with Crippen molar-refractivity contribution in [1.29, 1.82) is 0 Å². The SMILES string of the molecule is Cc1cc(C=CC(=O)c2ccc(C(=O)N[C@@H](Cc3ccccc3)C(=O)O)cc2)cc(C)c1O. The van der Waals surface area contributed by atoms with Crippen molar-refractivity contribution < 1.29 is 24.6 Å². The number of carboxylic acid groups (broad SMARTS) is 1. The molecule has 0 aromatic heterocycles. The molecule has 3 N–H and O–H groups in total. The van der Waals surface area contributed by atoms with E-state index in [1.54, 1.807) is 44.2 Å². The first-order valence-corrected chi connectivity index (χ1v) is 10.4. The van der Waals surface area contributed by atoms with Crippen LogP contribution in [0.25, 0.3) is 6.08 Å². The molecular formula is C27H25NO5. The minimum Gasteiger partial charge on any atom is -0.507 e. The van der Waals surface area contributed by atoms with Gasteiger partial charge in [-0.1, -0.05) is 48.5 Å². The summed E-state index contributed by atoms with van der Waals surface area (Å²) >= 11 is 0. The molecule has 0 saturated carbocycles. The van der Waals surface area contributed by atoms with E-state index in [2.05, 4.69) is 5.32 Å². The number of carboxylic acids is 1. The third-order valence-corrected chi connectivity index (χ3v) is 5.26. The Morgan fingerprint density at radius 2 is 1.48 bits per heavy atom. The quantitative estimate of drug-likeness (QED) is 0.355. The maximum atomic E-state index is 12.5. The van der Waals surface area contributed by atoms with E-state index >= 15 is 0 Å². The third kappa shape index (κ3) is 6.17. The minimum absolute atomic E-state index is 0.166. The summed E-state index contributed by atoms with van der Waals surface area (Å²) in [5.41, 5.74) is 3.71. The summed E-state index contributed by atoms with van der Waals surface area (Å²) in [4.78, 5) is 36.6. The molecule has 6 nitrogen and oxygen atoms in total. The van der Waals surface area contributed by atoms with Crippen molar-refractivity contribution >= 4 is 23.7 Å². The first kappa shape index (κ1) is 23.5. The topological polar surface area (TPSA) is 104 Å². The molecule has 0 aliphatic carbocycles. The second kappa shape index (κ2) is 10.4. The zero-order chi connectivity index (χ0) is 24.0. The van der Waals surface area contributed by atoms with E-state index in [0.717, 1.165) is 22.3 Å². The smallest absolute Gasteiger partial charge is 0.326 e. The molecule has 0 fully saturated rings. The molecule has 0 heterocycles. The number of aromatic hydroxyl groups is 1. The molecule has 0 spiro atoms. The number of phenolic OH excluding ortho intramolecular Hbond substituents is 1. The van der Waals surface area contributed by atoms with Crippen molar-refractivity contribution in [3.05, 3.63) is 106 Å². The Bertz CT molecular complexity index is 1170. The van der Waals surface area contributed by atoms with Gasteiger partial charge in [0, 0.05) is 17.5 Å². The van der Waals surface area contributed by atoms with Gasteiger partial charge in [-0.15, -0.1) is 0 Å². The lowest BCUT2D eigenvalue weighted by molar-refractivity contribution is -0.139. The predicted octanol–water partition coefficient (Wildman–Crippen LogP) is 4.33. The fourth-order valence-corrected chi connectivity index (χ4v) is 3.43. The van der Waals surface area contributed by atoms with E-state index in [1.807, 2.05) is 18.2 Å². The van der Waals surface area contributed by atoms with Crippen LogP contribution in [0.4, 0.5) is 0 Å². The van der Waals surface area contributed by atoms with Crippen LogP contribution in [0.15, 0.2) is 72.8 Å². The van der Waals surface area contributed by atoms with Crippen molar-refractivity contribution in [2.75, 3.05) is 0 Å². The van der Waals surface area contributed by atoms with E-state index in [4.69, 9.17) is 0 Å². The van der Waals surface area contributed by atoms with E-state index in [9.17, 15) is 24.6 Å². The summed E-state index contributed by atoms with van der Waals surface area (Å²) in [7, 11) is 0. The molecule has 3 aromatic rings. The highest BCUT2D eigenvalue weighted by Gasteiger charge is 2.21. The van der Waals surface area contributed by atoms with Crippen molar-refractivity contribution in [3.8, 4) is 5.75 Å². The Balaban J connectivity index is 1.66. The van der Waals surface area contributed by atoms with Gasteiger partial charge in [-0.2, -0.15) is 0 Å². The standard InChI is InChI=1S/C27H25NO5/c1-17-14-20(15-18(2)25(17)30)8-13-24(29)21-9-11-22(12-10-21)26(31)28-23(27(32)33)16-19-6-4-3-5-7-19/h3-15,23,30H,16H2,1-2H3,(H,28,31)(H,32,33)/t23-/m0/s1. The molecule has 0 aliphatic rings. The lowest BCUT2D eigenvalue weighted by Crippen LogP contribution is -2.42. The summed E-state index contributed by atoms with van der Waals surface area (Å²) in [6.07, 6.45) is 3.27. The maximum Gasteiger partial charge on any atom is 0.326 e. The average molecular weight is 443 g/mol. The highest BCUT2D eigenvalue weighted by atomic mass is 16.4. The van der Waals surface area contributed by atoms with Crippen molar-refractivity contribution in [2.24, 2.45) is 0 Å². The number of nitrogens with one attached hydrogen (secondary N) is 1. The van der Waals surface area contributed by atoms with Crippen LogP contribution in [0.2, 0.25) is 0 Å². The molecule has 3 aromatic carbocycles. The molecule has 1 amide bonds. The summed E-state index contributed by atoms with van der Waals surface area (Å²) in [6.45, 7) is 3.58. The number of allylic oxidation sites excluding steroid dienone is 1. The van der Waals surface area contributed by atoms with Gasteiger partial charge in [0.05, 0.1) is 0 Å². The van der Waals surface area contributed by atoms with Gasteiger partial charge < -0.3 is 15.5 Å². The minimum atomic E-state index is -1.12. The fourth-order valence-electron chi connectivity index (χ4n) is 3.43. The molecule has 0 radical (unpaired) electrons. The summed E-state index contributed by atoms with van der Waals surface area (Å²) < 4.78 is 0. The molecule has 1 atom stereocenters. The summed E-state index contributed by atoms with van der Waals surface area (Å²) in [5, 5.41) is 21.9. The summed E-state index contributed by atoms with van der Waals surface area (Å²) in [6, 6.07) is 17.6. The first-order chi connectivity index (χ1) is 15.7. The fraction of sp³-hybridized carbons (Fsp3) is 0.148. The van der Waals surface area contributed by atoms with Crippen LogP contribution < -0.4 is 5.32 Å². The van der Waals surface area contributed by atoms with Gasteiger partial charge in [0.2, 0.25) is 0 Å². The number of rotatable bonds is 8. The van der Waals surface area contributed by atoms with Gasteiger partial charge in [-0.25, -0.2) is 4.79 Å². The molecule has 0 unspecified atom stereocenters. The Labute approximate surface area is 192 Å². The highest BCUT2D eigenvalue weighted by molar-refractivity contribution is 6.07. The monoisotopic (exact) mass is 443 g/mol. The van der Waals surface area contributed by atoms with E-state index in [-0.39, 0.29) is 23.5 Å². The molecule has 0 bridgehead atoms. The van der Waals surface area contributed by atoms with Crippen molar-refractivity contribution in [1.82, 2.24) is 5.32 Å². The number of ketones is 1. The van der Waals surface area contributed by atoms with Crippen molar-refractivity contribution in [3.63, 3.8) is 0 Å². The Morgan fingerprint density at radius 3 is 2.06 bits per heavy atom. The number of amides is 1.